The van der Waals surface area contributed by atoms with Gasteiger partial charge in [0.15, 0.2) is 5.96 Å². The van der Waals surface area contributed by atoms with E-state index in [4.69, 9.17) is 5.73 Å². The van der Waals surface area contributed by atoms with E-state index in [-0.39, 0.29) is 24.0 Å². The molecular weight excluding hydrogens is 455 g/mol. The number of nitrogens with one attached hydrogen (secondary N) is 2. The van der Waals surface area contributed by atoms with Crippen molar-refractivity contribution in [3.63, 3.8) is 0 Å². The number of benzene rings is 1. The second-order valence-corrected chi connectivity index (χ2v) is 6.19. The highest BCUT2D eigenvalue weighted by molar-refractivity contribution is 14.0. The molecule has 0 bridgehead atoms. The van der Waals surface area contributed by atoms with E-state index in [2.05, 4.69) is 33.7 Å². The van der Waals surface area contributed by atoms with Gasteiger partial charge in [-0.2, -0.15) is 5.10 Å². The third kappa shape index (κ3) is 7.58. The van der Waals surface area contributed by atoms with Crippen LogP contribution in [0, 0.1) is 13.8 Å². The van der Waals surface area contributed by atoms with Crippen molar-refractivity contribution in [1.29, 1.82) is 0 Å². The zero-order valence-corrected chi connectivity index (χ0v) is 18.5. The molecule has 0 fully saturated rings. The zero-order valence-electron chi connectivity index (χ0n) is 16.2. The van der Waals surface area contributed by atoms with Crippen molar-refractivity contribution < 1.29 is 4.79 Å². The quantitative estimate of drug-likeness (QED) is 0.232. The molecule has 7 nitrogen and oxygen atoms in total. The maximum Gasteiger partial charge on any atom is 0.248 e. The summed E-state index contributed by atoms with van der Waals surface area (Å²) in [4.78, 5) is 15.7. The normalized spacial score (nSPS) is 11.0. The number of aryl methyl sites for hydroxylation is 3. The number of aromatic nitrogens is 2. The predicted molar refractivity (Wildman–Crippen MR) is 120 cm³/mol. The molecule has 27 heavy (non-hydrogen) atoms. The second-order valence-electron chi connectivity index (χ2n) is 6.19. The van der Waals surface area contributed by atoms with Crippen molar-refractivity contribution in [2.75, 3.05) is 13.1 Å². The van der Waals surface area contributed by atoms with Gasteiger partial charge in [-0.25, -0.2) is 4.99 Å². The van der Waals surface area contributed by atoms with Gasteiger partial charge in [-0.3, -0.25) is 9.48 Å². The zero-order chi connectivity index (χ0) is 18.9. The van der Waals surface area contributed by atoms with E-state index in [1.54, 1.807) is 12.1 Å². The van der Waals surface area contributed by atoms with Gasteiger partial charge in [0.25, 0.3) is 0 Å². The van der Waals surface area contributed by atoms with E-state index in [1.807, 2.05) is 30.7 Å². The third-order valence-electron chi connectivity index (χ3n) is 3.94. The smallest absolute Gasteiger partial charge is 0.248 e. The van der Waals surface area contributed by atoms with Gasteiger partial charge >= 0.3 is 0 Å². The Morgan fingerprint density at radius 3 is 2.48 bits per heavy atom. The Morgan fingerprint density at radius 1 is 1.22 bits per heavy atom. The first kappa shape index (κ1) is 22.9. The van der Waals surface area contributed by atoms with Crippen LogP contribution in [0.3, 0.4) is 0 Å². The number of guanidine groups is 1. The monoisotopic (exact) mass is 484 g/mol. The van der Waals surface area contributed by atoms with Crippen LogP contribution in [0.4, 0.5) is 0 Å². The molecule has 4 N–H and O–H groups in total. The van der Waals surface area contributed by atoms with Crippen LogP contribution in [-0.4, -0.2) is 34.7 Å². The molecule has 0 radical (unpaired) electrons. The molecule has 0 aliphatic carbocycles. The van der Waals surface area contributed by atoms with Gasteiger partial charge < -0.3 is 16.4 Å². The first-order chi connectivity index (χ1) is 12.5. The van der Waals surface area contributed by atoms with Gasteiger partial charge in [-0.05, 0) is 51.0 Å². The number of primary amides is 1. The van der Waals surface area contributed by atoms with Crippen LogP contribution >= 0.6 is 24.0 Å². The van der Waals surface area contributed by atoms with Crippen LogP contribution in [0.5, 0.6) is 0 Å². The Labute approximate surface area is 177 Å². The molecule has 0 spiro atoms. The van der Waals surface area contributed by atoms with Crippen LogP contribution < -0.4 is 16.4 Å². The minimum atomic E-state index is -0.419. The summed E-state index contributed by atoms with van der Waals surface area (Å²) in [5.41, 5.74) is 9.01. The highest BCUT2D eigenvalue weighted by Gasteiger charge is 2.02. The van der Waals surface area contributed by atoms with Crippen molar-refractivity contribution >= 4 is 35.8 Å². The average Bonchev–Trinajstić information content (AvgIpc) is 2.94. The van der Waals surface area contributed by atoms with Crippen molar-refractivity contribution in [3.05, 3.63) is 52.8 Å². The summed E-state index contributed by atoms with van der Waals surface area (Å²) in [5.74, 6) is 0.359. The lowest BCUT2D eigenvalue weighted by molar-refractivity contribution is 0.100. The summed E-state index contributed by atoms with van der Waals surface area (Å²) in [7, 11) is 0. The minimum absolute atomic E-state index is 0. The van der Waals surface area contributed by atoms with Gasteiger partial charge in [-0.15, -0.1) is 24.0 Å². The summed E-state index contributed by atoms with van der Waals surface area (Å²) < 4.78 is 2.03. The van der Waals surface area contributed by atoms with E-state index in [9.17, 15) is 4.79 Å². The molecular formula is C19H29IN6O. The summed E-state index contributed by atoms with van der Waals surface area (Å²) in [5, 5.41) is 11.0. The van der Waals surface area contributed by atoms with Gasteiger partial charge in [-0.1, -0.05) is 12.1 Å². The number of hydrogen-bond donors (Lipinski definition) is 3. The summed E-state index contributed by atoms with van der Waals surface area (Å²) in [6.45, 7) is 9.13. The Hall–Kier alpha value is -2.10. The lowest BCUT2D eigenvalue weighted by Crippen LogP contribution is -2.38. The second kappa shape index (κ2) is 11.6. The van der Waals surface area contributed by atoms with Crippen LogP contribution in [0.2, 0.25) is 0 Å². The molecule has 0 aliphatic rings. The predicted octanol–water partition coefficient (Wildman–Crippen LogP) is 2.36. The maximum absolute atomic E-state index is 11.1. The van der Waals surface area contributed by atoms with E-state index in [0.717, 1.165) is 43.3 Å². The fourth-order valence-corrected chi connectivity index (χ4v) is 2.62. The van der Waals surface area contributed by atoms with Crippen molar-refractivity contribution in [2.24, 2.45) is 10.7 Å². The first-order valence-corrected chi connectivity index (χ1v) is 8.91. The lowest BCUT2D eigenvalue weighted by atomic mass is 10.1. The molecule has 1 amide bonds. The number of rotatable bonds is 8. The number of amides is 1. The average molecular weight is 484 g/mol. The maximum atomic E-state index is 11.1. The number of hydrogen-bond acceptors (Lipinski definition) is 3. The van der Waals surface area contributed by atoms with Gasteiger partial charge in [0.2, 0.25) is 5.91 Å². The number of aliphatic imine (C=N–C) groups is 1. The standard InChI is InChI=1S/C19H28N6O.HI/c1-4-21-19(22-10-5-11-25-15(3)12-14(2)24-25)23-13-16-6-8-17(9-7-16)18(20)26;/h6-9,12H,4-5,10-11,13H2,1-3H3,(H2,20,26)(H2,21,22,23);1H. The SMILES string of the molecule is CCNC(=NCc1ccc(C(N)=O)cc1)NCCCn1nc(C)cc1C.I. The molecule has 1 heterocycles. The summed E-state index contributed by atoms with van der Waals surface area (Å²) in [6.07, 6.45) is 0.958. The molecule has 1 aromatic heterocycles. The molecule has 8 heteroatoms. The summed E-state index contributed by atoms with van der Waals surface area (Å²) >= 11 is 0. The molecule has 0 saturated carbocycles. The van der Waals surface area contributed by atoms with Crippen LogP contribution in [0.1, 0.15) is 40.7 Å². The van der Waals surface area contributed by atoms with Gasteiger partial charge in [0.05, 0.1) is 12.2 Å². The van der Waals surface area contributed by atoms with E-state index >= 15 is 0 Å². The topological polar surface area (TPSA) is 97.3 Å². The van der Waals surface area contributed by atoms with Crippen molar-refractivity contribution in [1.82, 2.24) is 20.4 Å². The van der Waals surface area contributed by atoms with Gasteiger partial charge in [0.1, 0.15) is 0 Å². The van der Waals surface area contributed by atoms with E-state index in [0.29, 0.717) is 12.1 Å². The first-order valence-electron chi connectivity index (χ1n) is 8.91. The number of nitrogens with two attached hydrogens (primary N) is 1. The molecule has 0 atom stereocenters. The minimum Gasteiger partial charge on any atom is -0.366 e. The Morgan fingerprint density at radius 2 is 1.93 bits per heavy atom. The number of nitrogens with zero attached hydrogens (tertiary/aromatic N) is 3. The van der Waals surface area contributed by atoms with E-state index in [1.165, 1.54) is 5.69 Å². The van der Waals surface area contributed by atoms with Crippen LogP contribution in [0.15, 0.2) is 35.3 Å². The Kier molecular flexibility index (Phi) is 9.84. The highest BCUT2D eigenvalue weighted by Crippen LogP contribution is 2.05. The van der Waals surface area contributed by atoms with Crippen molar-refractivity contribution in [2.45, 2.75) is 40.3 Å². The number of carbonyl (C=O) groups is 1. The largest absolute Gasteiger partial charge is 0.366 e. The Bertz CT molecular complexity index is 754. The third-order valence-corrected chi connectivity index (χ3v) is 3.94. The molecule has 2 rings (SSSR count). The van der Waals surface area contributed by atoms with Crippen molar-refractivity contribution in [3.8, 4) is 0 Å². The number of carbonyl (C=O) groups excluding carboxylic acids is 1. The van der Waals surface area contributed by atoms with Crippen LogP contribution in [-0.2, 0) is 13.1 Å². The lowest BCUT2D eigenvalue weighted by Gasteiger charge is -2.12. The fraction of sp³-hybridized carbons (Fsp3) is 0.421. The molecule has 148 valence electrons. The molecule has 0 aliphatic heterocycles. The molecule has 1 aromatic carbocycles. The molecule has 0 saturated heterocycles. The van der Waals surface area contributed by atoms with Crippen LogP contribution in [0.25, 0.3) is 0 Å². The molecule has 0 unspecified atom stereocenters. The highest BCUT2D eigenvalue weighted by atomic mass is 127. The Balaban J connectivity index is 0.00000364. The molecule has 2 aromatic rings. The number of halogens is 1. The summed E-state index contributed by atoms with van der Waals surface area (Å²) in [6, 6.07) is 9.28. The van der Waals surface area contributed by atoms with Gasteiger partial charge in [0, 0.05) is 30.9 Å². The fourth-order valence-electron chi connectivity index (χ4n) is 2.62. The van der Waals surface area contributed by atoms with E-state index < -0.39 is 5.91 Å².